The predicted octanol–water partition coefficient (Wildman–Crippen LogP) is 3.34. The Balaban J connectivity index is 0.00000225. The molecule has 4 rings (SSSR count). The summed E-state index contributed by atoms with van der Waals surface area (Å²) >= 11 is 0. The topological polar surface area (TPSA) is 46.0 Å². The van der Waals surface area contributed by atoms with E-state index < -0.39 is 17.6 Å². The predicted molar refractivity (Wildman–Crippen MR) is 97.6 cm³/mol. The van der Waals surface area contributed by atoms with Crippen LogP contribution < -0.4 is 5.32 Å². The maximum absolute atomic E-state index is 13.4. The van der Waals surface area contributed by atoms with E-state index in [-0.39, 0.29) is 12.4 Å². The number of nitrogens with one attached hydrogen (secondary N) is 1. The summed E-state index contributed by atoms with van der Waals surface area (Å²) in [5.41, 5.74) is -0.716. The Kier molecular flexibility index (Phi) is 6.26. The number of fused-ring (bicyclic) bond motifs is 1. The van der Waals surface area contributed by atoms with Crippen LogP contribution in [0.4, 0.5) is 17.6 Å². The summed E-state index contributed by atoms with van der Waals surface area (Å²) in [5.74, 6) is 1.08. The highest BCUT2D eigenvalue weighted by Crippen LogP contribution is 2.33. The second-order valence-electron chi connectivity index (χ2n) is 7.17. The summed E-state index contributed by atoms with van der Waals surface area (Å²) in [4.78, 5) is 2.11. The number of hydrogen-bond acceptors (Lipinski definition) is 4. The number of halogens is 5. The summed E-state index contributed by atoms with van der Waals surface area (Å²) in [5, 5.41) is 11.9. The minimum Gasteiger partial charge on any atom is -0.312 e. The van der Waals surface area contributed by atoms with E-state index in [1.807, 2.05) is 0 Å². The molecule has 0 spiro atoms. The molecule has 0 radical (unpaired) electrons. The molecular formula is C18H22ClF4N5. The zero-order valence-electron chi connectivity index (χ0n) is 15.2. The van der Waals surface area contributed by atoms with Gasteiger partial charge in [-0.15, -0.1) is 22.6 Å². The molecule has 0 aliphatic carbocycles. The van der Waals surface area contributed by atoms with Crippen molar-refractivity contribution in [3.63, 3.8) is 0 Å². The third kappa shape index (κ3) is 4.31. The average molecular weight is 420 g/mol. The van der Waals surface area contributed by atoms with Gasteiger partial charge in [-0.25, -0.2) is 4.39 Å². The monoisotopic (exact) mass is 419 g/mol. The zero-order valence-corrected chi connectivity index (χ0v) is 16.0. The average Bonchev–Trinajstić information content (AvgIpc) is 3.07. The number of aromatic nitrogens is 3. The molecule has 0 amide bonds. The molecule has 3 heterocycles. The van der Waals surface area contributed by atoms with Gasteiger partial charge in [-0.3, -0.25) is 4.90 Å². The van der Waals surface area contributed by atoms with Crippen molar-refractivity contribution in [1.29, 1.82) is 0 Å². The van der Waals surface area contributed by atoms with Gasteiger partial charge in [0.05, 0.1) is 12.1 Å². The normalized spacial score (nSPS) is 18.6. The number of hydrogen-bond donors (Lipinski definition) is 1. The summed E-state index contributed by atoms with van der Waals surface area (Å²) in [6, 6.07) is 3.25. The van der Waals surface area contributed by atoms with Crippen LogP contribution in [0, 0.1) is 5.82 Å². The minimum atomic E-state index is -4.67. The maximum Gasteiger partial charge on any atom is 0.419 e. The number of benzene rings is 1. The quantitative estimate of drug-likeness (QED) is 0.775. The van der Waals surface area contributed by atoms with Crippen LogP contribution in [0.25, 0.3) is 0 Å². The Labute approximate surface area is 166 Å². The smallest absolute Gasteiger partial charge is 0.312 e. The Bertz CT molecular complexity index is 815. The molecule has 0 atom stereocenters. The lowest BCUT2D eigenvalue weighted by molar-refractivity contribution is -0.140. The summed E-state index contributed by atoms with van der Waals surface area (Å²) < 4.78 is 54.3. The summed E-state index contributed by atoms with van der Waals surface area (Å²) in [7, 11) is 0. The molecule has 28 heavy (non-hydrogen) atoms. The van der Waals surface area contributed by atoms with Crippen molar-refractivity contribution in [2.24, 2.45) is 0 Å². The van der Waals surface area contributed by atoms with Crippen molar-refractivity contribution in [2.45, 2.75) is 44.6 Å². The van der Waals surface area contributed by atoms with Gasteiger partial charge in [-0.2, -0.15) is 13.2 Å². The second-order valence-corrected chi connectivity index (χ2v) is 7.17. The van der Waals surface area contributed by atoms with Gasteiger partial charge in [0, 0.05) is 25.6 Å². The first-order valence-corrected chi connectivity index (χ1v) is 9.12. The van der Waals surface area contributed by atoms with Crippen molar-refractivity contribution >= 4 is 12.4 Å². The molecule has 1 aromatic heterocycles. The van der Waals surface area contributed by atoms with Gasteiger partial charge in [0.15, 0.2) is 0 Å². The lowest BCUT2D eigenvalue weighted by Crippen LogP contribution is -2.34. The third-order valence-corrected chi connectivity index (χ3v) is 5.35. The molecule has 2 aliphatic heterocycles. The SMILES string of the molecule is Cl.Fc1ccc(CN2CCC(c3nnc4n3CCNC4)CC2)cc1C(F)(F)F. The van der Waals surface area contributed by atoms with E-state index in [1.165, 1.54) is 6.07 Å². The number of piperidine rings is 1. The van der Waals surface area contributed by atoms with Crippen LogP contribution in [-0.2, 0) is 25.8 Å². The fourth-order valence-corrected chi connectivity index (χ4v) is 3.91. The van der Waals surface area contributed by atoms with Gasteiger partial charge in [-0.1, -0.05) is 6.07 Å². The van der Waals surface area contributed by atoms with E-state index in [0.29, 0.717) is 18.0 Å². The summed E-state index contributed by atoms with van der Waals surface area (Å²) in [6.45, 7) is 4.43. The van der Waals surface area contributed by atoms with Crippen molar-refractivity contribution in [3.05, 3.63) is 46.8 Å². The number of likely N-dealkylation sites (tertiary alicyclic amines) is 1. The molecule has 0 saturated carbocycles. The molecule has 1 saturated heterocycles. The highest BCUT2D eigenvalue weighted by Gasteiger charge is 2.34. The van der Waals surface area contributed by atoms with Crippen LogP contribution in [0.5, 0.6) is 0 Å². The minimum absolute atomic E-state index is 0. The van der Waals surface area contributed by atoms with Crippen molar-refractivity contribution in [3.8, 4) is 0 Å². The largest absolute Gasteiger partial charge is 0.419 e. The molecule has 2 aromatic rings. The first-order chi connectivity index (χ1) is 12.9. The van der Waals surface area contributed by atoms with Crippen molar-refractivity contribution in [2.75, 3.05) is 19.6 Å². The highest BCUT2D eigenvalue weighted by molar-refractivity contribution is 5.85. The first-order valence-electron chi connectivity index (χ1n) is 9.12. The Morgan fingerprint density at radius 2 is 1.86 bits per heavy atom. The zero-order chi connectivity index (χ0) is 19.0. The van der Waals surface area contributed by atoms with Gasteiger partial charge < -0.3 is 9.88 Å². The van der Waals surface area contributed by atoms with Crippen LogP contribution >= 0.6 is 12.4 Å². The molecular weight excluding hydrogens is 398 g/mol. The van der Waals surface area contributed by atoms with E-state index in [4.69, 9.17) is 0 Å². The second kappa shape index (κ2) is 8.34. The Hall–Kier alpha value is -1.71. The van der Waals surface area contributed by atoms with Crippen LogP contribution in [0.3, 0.4) is 0 Å². The molecule has 1 fully saturated rings. The molecule has 2 aliphatic rings. The van der Waals surface area contributed by atoms with Gasteiger partial charge >= 0.3 is 6.18 Å². The van der Waals surface area contributed by atoms with E-state index >= 15 is 0 Å². The van der Waals surface area contributed by atoms with E-state index in [2.05, 4.69) is 25.0 Å². The molecule has 0 bridgehead atoms. The number of rotatable bonds is 3. The Morgan fingerprint density at radius 3 is 2.57 bits per heavy atom. The van der Waals surface area contributed by atoms with Gasteiger partial charge in [0.2, 0.25) is 0 Å². The molecule has 1 N–H and O–H groups in total. The first kappa shape index (κ1) is 21.0. The van der Waals surface area contributed by atoms with Crippen molar-refractivity contribution in [1.82, 2.24) is 25.0 Å². The van der Waals surface area contributed by atoms with Crippen LogP contribution in [0.15, 0.2) is 18.2 Å². The lowest BCUT2D eigenvalue weighted by Gasteiger charge is -2.32. The molecule has 0 unspecified atom stereocenters. The van der Waals surface area contributed by atoms with Crippen LogP contribution in [0.1, 0.15) is 41.5 Å². The maximum atomic E-state index is 13.4. The Morgan fingerprint density at radius 1 is 1.11 bits per heavy atom. The van der Waals surface area contributed by atoms with E-state index in [1.54, 1.807) is 0 Å². The number of alkyl halides is 3. The van der Waals surface area contributed by atoms with Crippen LogP contribution in [0.2, 0.25) is 0 Å². The molecule has 1 aromatic carbocycles. The fraction of sp³-hybridized carbons (Fsp3) is 0.556. The van der Waals surface area contributed by atoms with Gasteiger partial charge in [0.25, 0.3) is 0 Å². The molecule has 154 valence electrons. The lowest BCUT2D eigenvalue weighted by atomic mass is 9.95. The summed E-state index contributed by atoms with van der Waals surface area (Å²) in [6.07, 6.45) is -2.90. The van der Waals surface area contributed by atoms with E-state index in [0.717, 1.165) is 69.3 Å². The standard InChI is InChI=1S/C18H21F4N5.ClH/c19-15-2-1-12(9-14(15)18(20,21)22)11-26-6-3-13(4-7-26)17-25-24-16-10-23-5-8-27(16)17;/h1-2,9,13,23H,3-8,10-11H2;1H. The molecule has 10 heteroatoms. The molecule has 5 nitrogen and oxygen atoms in total. The van der Waals surface area contributed by atoms with Crippen LogP contribution in [-0.4, -0.2) is 39.3 Å². The fourth-order valence-electron chi connectivity index (χ4n) is 3.91. The highest BCUT2D eigenvalue weighted by atomic mass is 35.5. The van der Waals surface area contributed by atoms with E-state index in [9.17, 15) is 17.6 Å². The van der Waals surface area contributed by atoms with Gasteiger partial charge in [-0.05, 0) is 43.6 Å². The number of nitrogens with zero attached hydrogens (tertiary/aromatic N) is 4. The third-order valence-electron chi connectivity index (χ3n) is 5.35. The van der Waals surface area contributed by atoms with Crippen molar-refractivity contribution < 1.29 is 17.6 Å². The van der Waals surface area contributed by atoms with Gasteiger partial charge in [0.1, 0.15) is 17.5 Å².